The van der Waals surface area contributed by atoms with E-state index in [1.54, 1.807) is 50.4 Å². The third-order valence-electron chi connectivity index (χ3n) is 3.53. The number of aromatic hydroxyl groups is 1. The molecule has 25 heavy (non-hydrogen) atoms. The molecule has 0 aliphatic rings. The van der Waals surface area contributed by atoms with Gasteiger partial charge in [-0.2, -0.15) is 0 Å². The molecule has 1 heterocycles. The molecule has 2 aromatic carbocycles. The van der Waals surface area contributed by atoms with Crippen molar-refractivity contribution in [2.24, 2.45) is 0 Å². The number of phenolic OH excluding ortho intramolecular Hbond substituents is 1. The van der Waals surface area contributed by atoms with Crippen molar-refractivity contribution in [2.45, 2.75) is 13.0 Å². The van der Waals surface area contributed by atoms with E-state index in [0.717, 1.165) is 5.56 Å². The normalized spacial score (nSPS) is 11.8. The number of nitrogens with zero attached hydrogens (tertiary/aromatic N) is 2. The molecule has 0 bridgehead atoms. The second-order valence-corrected chi connectivity index (χ2v) is 5.24. The van der Waals surface area contributed by atoms with Gasteiger partial charge in [0.1, 0.15) is 17.1 Å². The summed E-state index contributed by atoms with van der Waals surface area (Å²) in [5, 5.41) is 17.6. The number of para-hydroxylation sites is 1. The number of aromatic nitrogens is 2. The first-order valence-electron chi connectivity index (χ1n) is 7.55. The first-order valence-corrected chi connectivity index (χ1v) is 7.55. The quantitative estimate of drug-likeness (QED) is 0.711. The number of ether oxygens (including phenoxy) is 2. The Hall–Kier alpha value is -3.35. The Labute approximate surface area is 143 Å². The molecular weight excluding hydrogens is 324 g/mol. The van der Waals surface area contributed by atoms with Gasteiger partial charge in [-0.25, -0.2) is 4.79 Å². The number of hydrogen-bond acceptors (Lipinski definition) is 7. The first kappa shape index (κ1) is 16.5. The molecule has 1 aromatic heterocycles. The fourth-order valence-electron chi connectivity index (χ4n) is 2.17. The standard InChI is InChI=1S/C18H16N2O5/c1-11(24-18(22)14-5-3-4-6-15(14)21)16-19-20-17(25-16)12-7-9-13(23-2)10-8-12/h3-11,21H,1-2H3/t11-/m1/s1. The fourth-order valence-corrected chi connectivity index (χ4v) is 2.17. The average Bonchev–Trinajstić information content (AvgIpc) is 3.12. The van der Waals surface area contributed by atoms with Crippen molar-refractivity contribution in [1.29, 1.82) is 0 Å². The Morgan fingerprint density at radius 3 is 2.52 bits per heavy atom. The van der Waals surface area contributed by atoms with E-state index in [4.69, 9.17) is 13.9 Å². The summed E-state index contributed by atoms with van der Waals surface area (Å²) in [5.41, 5.74) is 0.794. The van der Waals surface area contributed by atoms with Gasteiger partial charge < -0.3 is 19.0 Å². The van der Waals surface area contributed by atoms with Gasteiger partial charge >= 0.3 is 5.97 Å². The average molecular weight is 340 g/mol. The number of hydrogen-bond donors (Lipinski definition) is 1. The summed E-state index contributed by atoms with van der Waals surface area (Å²) >= 11 is 0. The highest BCUT2D eigenvalue weighted by atomic mass is 16.6. The SMILES string of the molecule is COc1ccc(-c2nnc([C@@H](C)OC(=O)c3ccccc3O)o2)cc1. The molecule has 7 nitrogen and oxygen atoms in total. The molecule has 0 amide bonds. The van der Waals surface area contributed by atoms with Crippen LogP contribution in [0, 0.1) is 0 Å². The predicted octanol–water partition coefficient (Wildman–Crippen LogP) is 3.37. The Balaban J connectivity index is 1.73. The van der Waals surface area contributed by atoms with Gasteiger partial charge in [0.25, 0.3) is 5.89 Å². The van der Waals surface area contributed by atoms with Crippen molar-refractivity contribution in [2.75, 3.05) is 7.11 Å². The molecule has 0 unspecified atom stereocenters. The Morgan fingerprint density at radius 1 is 1.12 bits per heavy atom. The van der Waals surface area contributed by atoms with Gasteiger partial charge in [0.2, 0.25) is 5.89 Å². The van der Waals surface area contributed by atoms with E-state index in [2.05, 4.69) is 10.2 Å². The van der Waals surface area contributed by atoms with E-state index >= 15 is 0 Å². The van der Waals surface area contributed by atoms with E-state index in [-0.39, 0.29) is 17.2 Å². The molecule has 0 saturated heterocycles. The van der Waals surface area contributed by atoms with E-state index < -0.39 is 12.1 Å². The number of carbonyl (C=O) groups excluding carboxylic acids is 1. The molecule has 1 atom stereocenters. The van der Waals surface area contributed by atoms with Gasteiger partial charge in [0.05, 0.1) is 7.11 Å². The second kappa shape index (κ2) is 7.04. The monoisotopic (exact) mass is 340 g/mol. The molecule has 3 rings (SSSR count). The van der Waals surface area contributed by atoms with Crippen molar-refractivity contribution < 1.29 is 23.8 Å². The maximum absolute atomic E-state index is 12.1. The Kier molecular flexibility index (Phi) is 4.65. The molecule has 0 aliphatic heterocycles. The maximum atomic E-state index is 12.1. The third-order valence-corrected chi connectivity index (χ3v) is 3.53. The number of benzene rings is 2. The summed E-state index contributed by atoms with van der Waals surface area (Å²) in [6.07, 6.45) is -0.758. The number of phenols is 1. The lowest BCUT2D eigenvalue weighted by molar-refractivity contribution is 0.0277. The zero-order chi connectivity index (χ0) is 17.8. The van der Waals surface area contributed by atoms with Crippen LogP contribution < -0.4 is 4.74 Å². The van der Waals surface area contributed by atoms with Crippen LogP contribution in [-0.2, 0) is 4.74 Å². The minimum atomic E-state index is -0.758. The van der Waals surface area contributed by atoms with Crippen LogP contribution in [0.1, 0.15) is 29.3 Å². The Morgan fingerprint density at radius 2 is 1.84 bits per heavy atom. The fraction of sp³-hybridized carbons (Fsp3) is 0.167. The second-order valence-electron chi connectivity index (χ2n) is 5.24. The molecule has 0 spiro atoms. The smallest absolute Gasteiger partial charge is 0.342 e. The van der Waals surface area contributed by atoms with Crippen molar-refractivity contribution >= 4 is 5.97 Å². The lowest BCUT2D eigenvalue weighted by atomic mass is 10.2. The van der Waals surface area contributed by atoms with Crippen molar-refractivity contribution in [1.82, 2.24) is 10.2 Å². The third kappa shape index (κ3) is 3.60. The van der Waals surface area contributed by atoms with Gasteiger partial charge in [-0.1, -0.05) is 12.1 Å². The molecule has 0 radical (unpaired) electrons. The van der Waals surface area contributed by atoms with E-state index in [0.29, 0.717) is 11.6 Å². The predicted molar refractivity (Wildman–Crippen MR) is 88.2 cm³/mol. The number of rotatable bonds is 5. The van der Waals surface area contributed by atoms with Crippen molar-refractivity contribution in [3.63, 3.8) is 0 Å². The van der Waals surface area contributed by atoms with Gasteiger partial charge in [-0.15, -0.1) is 10.2 Å². The van der Waals surface area contributed by atoms with Gasteiger partial charge in [-0.05, 0) is 43.3 Å². The van der Waals surface area contributed by atoms with E-state index in [1.165, 1.54) is 12.1 Å². The lowest BCUT2D eigenvalue weighted by Gasteiger charge is -2.10. The van der Waals surface area contributed by atoms with Crippen molar-refractivity contribution in [3.8, 4) is 23.0 Å². The Bertz CT molecular complexity index is 873. The summed E-state index contributed by atoms with van der Waals surface area (Å²) < 4.78 is 15.9. The molecule has 1 N–H and O–H groups in total. The highest BCUT2D eigenvalue weighted by Crippen LogP contribution is 2.25. The number of methoxy groups -OCH3 is 1. The first-order chi connectivity index (χ1) is 12.1. The van der Waals surface area contributed by atoms with Gasteiger partial charge in [0.15, 0.2) is 6.10 Å². The minimum Gasteiger partial charge on any atom is -0.507 e. The zero-order valence-corrected chi connectivity index (χ0v) is 13.7. The largest absolute Gasteiger partial charge is 0.507 e. The van der Waals surface area contributed by atoms with Crippen LogP contribution in [0.3, 0.4) is 0 Å². The van der Waals surface area contributed by atoms with E-state index in [9.17, 15) is 9.90 Å². The van der Waals surface area contributed by atoms with Crippen LogP contribution >= 0.6 is 0 Å². The highest BCUT2D eigenvalue weighted by molar-refractivity contribution is 5.92. The van der Waals surface area contributed by atoms with Gasteiger partial charge in [-0.3, -0.25) is 0 Å². The summed E-state index contributed by atoms with van der Waals surface area (Å²) in [6.45, 7) is 1.61. The maximum Gasteiger partial charge on any atom is 0.342 e. The van der Waals surface area contributed by atoms with E-state index in [1.807, 2.05) is 0 Å². The lowest BCUT2D eigenvalue weighted by Crippen LogP contribution is -2.09. The van der Waals surface area contributed by atoms with Crippen LogP contribution in [0.15, 0.2) is 52.9 Å². The zero-order valence-electron chi connectivity index (χ0n) is 13.7. The molecular formula is C18H16N2O5. The summed E-state index contributed by atoms with van der Waals surface area (Å²) in [6, 6.07) is 13.3. The van der Waals surface area contributed by atoms with Gasteiger partial charge in [0, 0.05) is 5.56 Å². The molecule has 0 saturated carbocycles. The number of carbonyl (C=O) groups is 1. The molecule has 7 heteroatoms. The summed E-state index contributed by atoms with van der Waals surface area (Å²) in [5.74, 6) is 0.366. The summed E-state index contributed by atoms with van der Waals surface area (Å²) in [7, 11) is 1.58. The van der Waals surface area contributed by atoms with Crippen molar-refractivity contribution in [3.05, 3.63) is 60.0 Å². The van der Waals surface area contributed by atoms with Crippen LogP contribution in [-0.4, -0.2) is 28.4 Å². The van der Waals surface area contributed by atoms with Crippen LogP contribution in [0.4, 0.5) is 0 Å². The molecule has 0 fully saturated rings. The molecule has 3 aromatic rings. The minimum absolute atomic E-state index is 0.0734. The summed E-state index contributed by atoms with van der Waals surface area (Å²) in [4.78, 5) is 12.1. The van der Waals surface area contributed by atoms with Crippen LogP contribution in [0.2, 0.25) is 0 Å². The molecule has 0 aliphatic carbocycles. The number of esters is 1. The highest BCUT2D eigenvalue weighted by Gasteiger charge is 2.21. The van der Waals surface area contributed by atoms with Crippen LogP contribution in [0.25, 0.3) is 11.5 Å². The molecule has 128 valence electrons. The van der Waals surface area contributed by atoms with Crippen LogP contribution in [0.5, 0.6) is 11.5 Å². The topological polar surface area (TPSA) is 94.7 Å².